The van der Waals surface area contributed by atoms with Gasteiger partial charge in [-0.05, 0) is 158 Å². The van der Waals surface area contributed by atoms with Crippen LogP contribution in [0.5, 0.6) is 0 Å². The number of esters is 4. The van der Waals surface area contributed by atoms with E-state index in [1.54, 1.807) is 27.7 Å². The standard InChI is InChI=1S/C16H26O2.C10H16O4.C10H20O2.C6H12O2/c1-4-15(2,3)14(17)18-16-8-11-5-12(9-16)7-13(6-11)10-16;1-4-10(2,3)9(12)14-7-5-6-13-8(7)11;1-7-10(5,6)8(11)12-9(2,3)4;1-4-6(2,3)5(7)8/h11-13H,4-10H2,1-3H3;7H,4-6H2,1-3H3;7H2,1-6H3;4H2,1-3H3,(H,7,8). The third-order valence-electron chi connectivity index (χ3n) is 11.6. The van der Waals surface area contributed by atoms with Gasteiger partial charge in [0.25, 0.3) is 0 Å². The van der Waals surface area contributed by atoms with Crippen molar-refractivity contribution in [2.75, 3.05) is 6.61 Å². The summed E-state index contributed by atoms with van der Waals surface area (Å²) in [7, 11) is 0. The van der Waals surface area contributed by atoms with Crippen LogP contribution >= 0.6 is 0 Å². The van der Waals surface area contributed by atoms with E-state index in [0.29, 0.717) is 25.9 Å². The minimum atomic E-state index is -0.722. The molecule has 4 saturated carbocycles. The van der Waals surface area contributed by atoms with E-state index in [4.69, 9.17) is 24.1 Å². The van der Waals surface area contributed by atoms with Gasteiger partial charge in [0.05, 0.1) is 28.3 Å². The highest BCUT2D eigenvalue weighted by Gasteiger charge is 2.54. The van der Waals surface area contributed by atoms with E-state index in [9.17, 15) is 24.0 Å². The number of aliphatic carboxylic acids is 1. The van der Waals surface area contributed by atoms with Crippen LogP contribution in [0, 0.1) is 39.4 Å². The summed E-state index contributed by atoms with van der Waals surface area (Å²) in [5.41, 5.74) is -2.18. The largest absolute Gasteiger partial charge is 0.481 e. The molecule has 1 saturated heterocycles. The first-order chi connectivity index (χ1) is 23.6. The fraction of sp³-hybridized carbons (Fsp3) is 0.881. The minimum absolute atomic E-state index is 0.0342. The Labute approximate surface area is 315 Å². The number of carboxylic acids is 1. The molecule has 0 spiro atoms. The maximum atomic E-state index is 12.4. The van der Waals surface area contributed by atoms with Gasteiger partial charge in [-0.3, -0.25) is 19.2 Å². The van der Waals surface area contributed by atoms with Crippen LogP contribution in [0.2, 0.25) is 0 Å². The van der Waals surface area contributed by atoms with Crippen molar-refractivity contribution in [3.8, 4) is 0 Å². The third-order valence-corrected chi connectivity index (χ3v) is 11.6. The predicted octanol–water partition coefficient (Wildman–Crippen LogP) is 9.49. The molecule has 1 heterocycles. The molecule has 1 N–H and O–H groups in total. The molecule has 52 heavy (non-hydrogen) atoms. The molecule has 4 aliphatic carbocycles. The van der Waals surface area contributed by atoms with Crippen LogP contribution in [0.25, 0.3) is 0 Å². The summed E-state index contributed by atoms with van der Waals surface area (Å²) in [6, 6.07) is 0. The molecule has 0 aromatic carbocycles. The molecule has 1 aliphatic heterocycles. The molecule has 10 heteroatoms. The molecule has 1 atom stereocenters. The highest BCUT2D eigenvalue weighted by molar-refractivity contribution is 5.82. The van der Waals surface area contributed by atoms with Gasteiger partial charge in [-0.1, -0.05) is 27.7 Å². The van der Waals surface area contributed by atoms with Crippen molar-refractivity contribution in [2.45, 2.75) is 192 Å². The smallest absolute Gasteiger partial charge is 0.347 e. The van der Waals surface area contributed by atoms with Gasteiger partial charge in [0.2, 0.25) is 6.10 Å². The number of cyclic esters (lactones) is 1. The van der Waals surface area contributed by atoms with Gasteiger partial charge < -0.3 is 24.1 Å². The fourth-order valence-corrected chi connectivity index (χ4v) is 6.36. The van der Waals surface area contributed by atoms with Crippen molar-refractivity contribution >= 4 is 29.8 Å². The molecule has 10 nitrogen and oxygen atoms in total. The van der Waals surface area contributed by atoms with Gasteiger partial charge in [-0.25, -0.2) is 4.79 Å². The molecular weight excluding hydrogens is 664 g/mol. The summed E-state index contributed by atoms with van der Waals surface area (Å²) in [6.07, 6.45) is 10.4. The summed E-state index contributed by atoms with van der Waals surface area (Å²) in [4.78, 5) is 56.7. The second-order valence-electron chi connectivity index (χ2n) is 19.1. The van der Waals surface area contributed by atoms with Gasteiger partial charge in [-0.2, -0.15) is 0 Å². The van der Waals surface area contributed by atoms with E-state index in [2.05, 4.69) is 6.92 Å². The number of ether oxygens (including phenoxy) is 4. The minimum Gasteiger partial charge on any atom is -0.481 e. The number of hydrogen-bond acceptors (Lipinski definition) is 9. The lowest BCUT2D eigenvalue weighted by Gasteiger charge is -2.56. The number of carbonyl (C=O) groups excluding carboxylic acids is 4. The van der Waals surface area contributed by atoms with E-state index in [-0.39, 0.29) is 39.9 Å². The van der Waals surface area contributed by atoms with Crippen LogP contribution in [0.4, 0.5) is 0 Å². The second kappa shape index (κ2) is 18.6. The van der Waals surface area contributed by atoms with Gasteiger partial charge in [0.1, 0.15) is 11.2 Å². The predicted molar refractivity (Wildman–Crippen MR) is 202 cm³/mol. The van der Waals surface area contributed by atoms with Crippen LogP contribution in [0.3, 0.4) is 0 Å². The number of carbonyl (C=O) groups is 5. The zero-order valence-electron chi connectivity index (χ0n) is 35.4. The average Bonchev–Trinajstić information content (AvgIpc) is 3.43. The SMILES string of the molecule is CCC(C)(C)C(=O)O.CCC(C)(C)C(=O)OC(C)(C)C.CCC(C)(C)C(=O)OC12CC3CC(CC(C3)C1)C2.CCC(C)(C)C(=O)OC1CCOC1=O. The summed E-state index contributed by atoms with van der Waals surface area (Å²) in [5.74, 6) is 0.968. The average molecular weight is 739 g/mol. The highest BCUT2D eigenvalue weighted by atomic mass is 16.6. The van der Waals surface area contributed by atoms with E-state index < -0.39 is 28.9 Å². The Morgan fingerprint density at radius 2 is 1.04 bits per heavy atom. The topological polar surface area (TPSA) is 142 Å². The monoisotopic (exact) mass is 739 g/mol. The number of rotatable bonds is 10. The van der Waals surface area contributed by atoms with Gasteiger partial charge in [0, 0.05) is 6.42 Å². The highest BCUT2D eigenvalue weighted by Crippen LogP contribution is 2.57. The van der Waals surface area contributed by atoms with E-state index >= 15 is 0 Å². The Balaban J connectivity index is 0.000000362. The maximum absolute atomic E-state index is 12.4. The van der Waals surface area contributed by atoms with Crippen molar-refractivity contribution in [1.29, 1.82) is 0 Å². The number of carboxylic acid groups (broad SMARTS) is 1. The van der Waals surface area contributed by atoms with Gasteiger partial charge in [-0.15, -0.1) is 0 Å². The Morgan fingerprint density at radius 3 is 1.35 bits per heavy atom. The van der Waals surface area contributed by atoms with E-state index in [0.717, 1.165) is 49.9 Å². The normalized spacial score (nSPS) is 25.2. The molecule has 0 aromatic rings. The molecule has 5 rings (SSSR count). The van der Waals surface area contributed by atoms with Crippen molar-refractivity contribution in [3.63, 3.8) is 0 Å². The first-order valence-corrected chi connectivity index (χ1v) is 19.7. The van der Waals surface area contributed by atoms with Crippen LogP contribution in [0.1, 0.15) is 174 Å². The molecule has 5 fully saturated rings. The number of hydrogen-bond donors (Lipinski definition) is 1. The summed E-state index contributed by atoms with van der Waals surface area (Å²) >= 11 is 0. The molecular formula is C42H74O10. The second-order valence-corrected chi connectivity index (χ2v) is 19.1. The van der Waals surface area contributed by atoms with Gasteiger partial charge in [0.15, 0.2) is 0 Å². The van der Waals surface area contributed by atoms with Crippen LogP contribution in [-0.4, -0.2) is 58.9 Å². The van der Waals surface area contributed by atoms with Crippen molar-refractivity contribution in [1.82, 2.24) is 0 Å². The third kappa shape index (κ3) is 14.3. The van der Waals surface area contributed by atoms with E-state index in [1.165, 1.54) is 19.3 Å². The lowest BCUT2D eigenvalue weighted by atomic mass is 9.54. The maximum Gasteiger partial charge on any atom is 0.347 e. The van der Waals surface area contributed by atoms with Crippen molar-refractivity contribution < 1.29 is 48.0 Å². The quantitative estimate of drug-likeness (QED) is 0.170. The van der Waals surface area contributed by atoms with E-state index in [1.807, 2.05) is 69.2 Å². The first-order valence-electron chi connectivity index (χ1n) is 19.7. The van der Waals surface area contributed by atoms with Crippen LogP contribution in [-0.2, 0) is 42.9 Å². The van der Waals surface area contributed by atoms with Crippen molar-refractivity contribution in [2.24, 2.45) is 39.4 Å². The van der Waals surface area contributed by atoms with Crippen LogP contribution in [0.15, 0.2) is 0 Å². The zero-order chi connectivity index (χ0) is 40.5. The Hall–Kier alpha value is -2.65. The van der Waals surface area contributed by atoms with Crippen LogP contribution < -0.4 is 0 Å². The molecule has 0 amide bonds. The first kappa shape index (κ1) is 47.4. The summed E-state index contributed by atoms with van der Waals surface area (Å²) in [6.45, 7) is 28.7. The lowest BCUT2D eigenvalue weighted by Crippen LogP contribution is -2.53. The molecule has 4 bridgehead atoms. The Bertz CT molecular complexity index is 1180. The Morgan fingerprint density at radius 1 is 0.654 bits per heavy atom. The Kier molecular flexibility index (Phi) is 16.9. The fourth-order valence-electron chi connectivity index (χ4n) is 6.36. The zero-order valence-corrected chi connectivity index (χ0v) is 35.4. The molecule has 302 valence electrons. The molecule has 1 unspecified atom stereocenters. The molecule has 0 radical (unpaired) electrons. The summed E-state index contributed by atoms with van der Waals surface area (Å²) in [5, 5.41) is 8.44. The molecule has 5 aliphatic rings. The summed E-state index contributed by atoms with van der Waals surface area (Å²) < 4.78 is 21.1. The lowest BCUT2D eigenvalue weighted by molar-refractivity contribution is -0.196. The van der Waals surface area contributed by atoms with Gasteiger partial charge >= 0.3 is 29.8 Å². The van der Waals surface area contributed by atoms with Crippen molar-refractivity contribution in [3.05, 3.63) is 0 Å². The molecule has 0 aromatic heterocycles.